The maximum atomic E-state index is 5.94. The van der Waals surface area contributed by atoms with E-state index in [1.165, 1.54) is 4.90 Å². The van der Waals surface area contributed by atoms with Crippen molar-refractivity contribution in [2.75, 3.05) is 7.05 Å². The molecule has 0 saturated heterocycles. The average molecular weight is 244 g/mol. The van der Waals surface area contributed by atoms with Crippen LogP contribution in [0.15, 0.2) is 29.2 Å². The average Bonchev–Trinajstić information content (AvgIpc) is 2.17. The Balaban J connectivity index is 2.47. The maximum absolute atomic E-state index is 5.94. The Hall–Kier alpha value is -0.180. The van der Waals surface area contributed by atoms with Crippen molar-refractivity contribution >= 4 is 23.4 Å². The summed E-state index contributed by atoms with van der Waals surface area (Å²) in [5.74, 6) is 0. The van der Waals surface area contributed by atoms with Gasteiger partial charge >= 0.3 is 0 Å². The van der Waals surface area contributed by atoms with E-state index >= 15 is 0 Å². The van der Waals surface area contributed by atoms with Crippen LogP contribution in [-0.4, -0.2) is 18.3 Å². The molecule has 2 unspecified atom stereocenters. The van der Waals surface area contributed by atoms with Gasteiger partial charge in [0.05, 0.1) is 0 Å². The monoisotopic (exact) mass is 243 g/mol. The Morgan fingerprint density at radius 3 is 2.73 bits per heavy atom. The first kappa shape index (κ1) is 12.9. The molecular weight excluding hydrogens is 226 g/mol. The van der Waals surface area contributed by atoms with Gasteiger partial charge in [0.25, 0.3) is 0 Å². The quantitative estimate of drug-likeness (QED) is 0.790. The zero-order valence-corrected chi connectivity index (χ0v) is 11.0. The summed E-state index contributed by atoms with van der Waals surface area (Å²) in [4.78, 5) is 1.25. The molecule has 0 fully saturated rings. The van der Waals surface area contributed by atoms with E-state index in [9.17, 15) is 0 Å². The number of halogens is 1. The van der Waals surface area contributed by atoms with Crippen molar-refractivity contribution in [3.63, 3.8) is 0 Å². The second kappa shape index (κ2) is 6.41. The number of benzene rings is 1. The van der Waals surface area contributed by atoms with E-state index < -0.39 is 0 Å². The third-order valence-corrected chi connectivity index (χ3v) is 3.67. The lowest BCUT2D eigenvalue weighted by Gasteiger charge is -2.16. The molecule has 2 atom stereocenters. The number of nitrogens with one attached hydrogen (secondary N) is 1. The smallest absolute Gasteiger partial charge is 0.0417 e. The largest absolute Gasteiger partial charge is 0.317 e. The minimum Gasteiger partial charge on any atom is -0.317 e. The lowest BCUT2D eigenvalue weighted by Crippen LogP contribution is -2.24. The van der Waals surface area contributed by atoms with E-state index in [-0.39, 0.29) is 0 Å². The van der Waals surface area contributed by atoms with E-state index in [0.29, 0.717) is 11.3 Å². The highest BCUT2D eigenvalue weighted by molar-refractivity contribution is 7.99. The molecule has 0 saturated carbocycles. The third-order valence-electron chi connectivity index (χ3n) is 2.31. The summed E-state index contributed by atoms with van der Waals surface area (Å²) >= 11 is 7.81. The topological polar surface area (TPSA) is 12.0 Å². The predicted molar refractivity (Wildman–Crippen MR) is 69.9 cm³/mol. The van der Waals surface area contributed by atoms with Crippen LogP contribution < -0.4 is 5.32 Å². The number of thioether (sulfide) groups is 1. The van der Waals surface area contributed by atoms with Crippen LogP contribution in [-0.2, 0) is 0 Å². The standard InChI is InChI=1S/C12H18ClNS/c1-9(14-3)7-10(2)15-12-6-4-5-11(13)8-12/h4-6,8-10,14H,7H2,1-3H3. The van der Waals surface area contributed by atoms with Gasteiger partial charge in [-0.2, -0.15) is 0 Å². The summed E-state index contributed by atoms with van der Waals surface area (Å²) in [5.41, 5.74) is 0. The van der Waals surface area contributed by atoms with Crippen molar-refractivity contribution < 1.29 is 0 Å². The highest BCUT2D eigenvalue weighted by Crippen LogP contribution is 2.27. The molecule has 0 bridgehead atoms. The molecule has 0 aliphatic rings. The van der Waals surface area contributed by atoms with E-state index in [1.54, 1.807) is 0 Å². The summed E-state index contributed by atoms with van der Waals surface area (Å²) in [6.07, 6.45) is 1.16. The second-order valence-corrected chi connectivity index (χ2v) is 5.76. The molecule has 0 heterocycles. The van der Waals surface area contributed by atoms with Gasteiger partial charge in [-0.1, -0.05) is 24.6 Å². The lowest BCUT2D eigenvalue weighted by molar-refractivity contribution is 0.564. The van der Waals surface area contributed by atoms with Crippen LogP contribution in [0, 0.1) is 0 Å². The zero-order chi connectivity index (χ0) is 11.3. The molecule has 1 N–H and O–H groups in total. The summed E-state index contributed by atoms with van der Waals surface area (Å²) in [7, 11) is 2.00. The van der Waals surface area contributed by atoms with Gasteiger partial charge in [-0.25, -0.2) is 0 Å². The lowest BCUT2D eigenvalue weighted by atomic mass is 10.2. The highest BCUT2D eigenvalue weighted by Gasteiger charge is 2.08. The SMILES string of the molecule is CNC(C)CC(C)Sc1cccc(Cl)c1. The summed E-state index contributed by atoms with van der Waals surface area (Å²) in [6.45, 7) is 4.45. The fourth-order valence-corrected chi connectivity index (χ4v) is 2.89. The van der Waals surface area contributed by atoms with E-state index in [0.717, 1.165) is 11.4 Å². The molecule has 3 heteroatoms. The van der Waals surface area contributed by atoms with Crippen LogP contribution >= 0.6 is 23.4 Å². The van der Waals surface area contributed by atoms with Crippen molar-refractivity contribution in [3.05, 3.63) is 29.3 Å². The molecule has 0 aliphatic heterocycles. The van der Waals surface area contributed by atoms with Gasteiger partial charge in [0, 0.05) is 21.2 Å². The molecule has 0 aromatic heterocycles. The third kappa shape index (κ3) is 4.92. The Morgan fingerprint density at radius 2 is 2.13 bits per heavy atom. The van der Waals surface area contributed by atoms with Gasteiger partial charge in [0.15, 0.2) is 0 Å². The first-order valence-electron chi connectivity index (χ1n) is 5.21. The molecule has 0 radical (unpaired) electrons. The minimum atomic E-state index is 0.562. The molecule has 84 valence electrons. The Labute approximate surface area is 102 Å². The Kier molecular flexibility index (Phi) is 5.51. The van der Waals surface area contributed by atoms with E-state index in [1.807, 2.05) is 37.0 Å². The van der Waals surface area contributed by atoms with Crippen molar-refractivity contribution in [1.82, 2.24) is 5.32 Å². The number of hydrogen-bond acceptors (Lipinski definition) is 2. The summed E-state index contributed by atoms with van der Waals surface area (Å²) in [6, 6.07) is 8.60. The van der Waals surface area contributed by atoms with Gasteiger partial charge in [-0.05, 0) is 38.6 Å². The van der Waals surface area contributed by atoms with Crippen LogP contribution in [0.2, 0.25) is 5.02 Å². The fraction of sp³-hybridized carbons (Fsp3) is 0.500. The normalized spacial score (nSPS) is 14.9. The molecular formula is C12H18ClNS. The zero-order valence-electron chi connectivity index (χ0n) is 9.46. The first-order valence-corrected chi connectivity index (χ1v) is 6.47. The summed E-state index contributed by atoms with van der Waals surface area (Å²) in [5, 5.41) is 4.67. The molecule has 1 nitrogen and oxygen atoms in total. The minimum absolute atomic E-state index is 0.562. The van der Waals surface area contributed by atoms with Crippen LogP contribution in [0.3, 0.4) is 0 Å². The van der Waals surface area contributed by atoms with Crippen LogP contribution in [0.1, 0.15) is 20.3 Å². The van der Waals surface area contributed by atoms with Crippen molar-refractivity contribution in [2.24, 2.45) is 0 Å². The second-order valence-electron chi connectivity index (χ2n) is 3.81. The Bertz CT molecular complexity index is 303. The van der Waals surface area contributed by atoms with Gasteiger partial charge in [0.2, 0.25) is 0 Å². The van der Waals surface area contributed by atoms with Crippen LogP contribution in [0.5, 0.6) is 0 Å². The van der Waals surface area contributed by atoms with Gasteiger partial charge in [-0.3, -0.25) is 0 Å². The van der Waals surface area contributed by atoms with Crippen molar-refractivity contribution in [1.29, 1.82) is 0 Å². The van der Waals surface area contributed by atoms with Crippen LogP contribution in [0.4, 0.5) is 0 Å². The van der Waals surface area contributed by atoms with Gasteiger partial charge in [0.1, 0.15) is 0 Å². The number of hydrogen-bond donors (Lipinski definition) is 1. The predicted octanol–water partition coefficient (Wildman–Crippen LogP) is 3.82. The fourth-order valence-electron chi connectivity index (χ4n) is 1.44. The molecule has 0 amide bonds. The van der Waals surface area contributed by atoms with Gasteiger partial charge in [-0.15, -0.1) is 11.8 Å². The maximum Gasteiger partial charge on any atom is 0.0417 e. The highest BCUT2D eigenvalue weighted by atomic mass is 35.5. The molecule has 1 rings (SSSR count). The molecule has 0 aliphatic carbocycles. The van der Waals surface area contributed by atoms with Crippen molar-refractivity contribution in [3.8, 4) is 0 Å². The molecule has 1 aromatic carbocycles. The molecule has 1 aromatic rings. The molecule has 15 heavy (non-hydrogen) atoms. The summed E-state index contributed by atoms with van der Waals surface area (Å²) < 4.78 is 0. The van der Waals surface area contributed by atoms with Crippen LogP contribution in [0.25, 0.3) is 0 Å². The van der Waals surface area contributed by atoms with Gasteiger partial charge < -0.3 is 5.32 Å². The number of rotatable bonds is 5. The first-order chi connectivity index (χ1) is 7.11. The van der Waals surface area contributed by atoms with Crippen molar-refractivity contribution in [2.45, 2.75) is 36.5 Å². The van der Waals surface area contributed by atoms with E-state index in [2.05, 4.69) is 25.2 Å². The Morgan fingerprint density at radius 1 is 1.40 bits per heavy atom. The van der Waals surface area contributed by atoms with E-state index in [4.69, 9.17) is 11.6 Å². The molecule has 0 spiro atoms.